The van der Waals surface area contributed by atoms with Crippen molar-refractivity contribution in [2.24, 2.45) is 0 Å². The average molecular weight is 358 g/mol. The maximum Gasteiger partial charge on any atom is 0.256 e. The fourth-order valence-electron chi connectivity index (χ4n) is 2.29. The van der Waals surface area contributed by atoms with Gasteiger partial charge < -0.3 is 0 Å². The number of aromatic nitrogens is 3. The molecule has 8 heteroatoms. The second-order valence-electron chi connectivity index (χ2n) is 5.72. The molecule has 0 atom stereocenters. The van der Waals surface area contributed by atoms with Crippen LogP contribution >= 0.6 is 0 Å². The largest absolute Gasteiger partial charge is 0.299 e. The van der Waals surface area contributed by atoms with E-state index in [9.17, 15) is 13.6 Å². The third-order valence-electron chi connectivity index (χ3n) is 3.66. The van der Waals surface area contributed by atoms with Gasteiger partial charge in [-0.15, -0.1) is 5.10 Å². The van der Waals surface area contributed by atoms with Crippen molar-refractivity contribution in [2.45, 2.75) is 19.3 Å². The van der Waals surface area contributed by atoms with Crippen molar-refractivity contribution in [1.82, 2.24) is 19.5 Å². The Morgan fingerprint density at radius 1 is 1.08 bits per heavy atom. The number of rotatable bonds is 6. The van der Waals surface area contributed by atoms with Crippen LogP contribution in [-0.2, 0) is 22.4 Å². The standard InChI is InChI=1S/C17H18N4O3S/c1-14-7-9-16(10-8-14)17-12-20(19-18-17)13-25(23,24)21(22)11-15-5-3-2-4-6-15/h2-10,12,22H,11,13H2,1H3. The van der Waals surface area contributed by atoms with Gasteiger partial charge in [0.25, 0.3) is 10.0 Å². The lowest BCUT2D eigenvalue weighted by Crippen LogP contribution is -2.30. The van der Waals surface area contributed by atoms with Crippen molar-refractivity contribution < 1.29 is 13.6 Å². The molecule has 3 aromatic rings. The van der Waals surface area contributed by atoms with Gasteiger partial charge in [0.1, 0.15) is 5.69 Å². The zero-order valence-corrected chi connectivity index (χ0v) is 14.5. The van der Waals surface area contributed by atoms with E-state index in [4.69, 9.17) is 0 Å². The van der Waals surface area contributed by atoms with Crippen molar-refractivity contribution in [2.75, 3.05) is 0 Å². The van der Waals surface area contributed by atoms with Crippen molar-refractivity contribution >= 4 is 10.0 Å². The van der Waals surface area contributed by atoms with E-state index >= 15 is 0 Å². The van der Waals surface area contributed by atoms with Crippen LogP contribution in [0.4, 0.5) is 0 Å². The quantitative estimate of drug-likeness (QED) is 0.684. The van der Waals surface area contributed by atoms with E-state index in [0.29, 0.717) is 15.7 Å². The molecule has 130 valence electrons. The summed E-state index contributed by atoms with van der Waals surface area (Å²) in [5.74, 6) is -0.491. The lowest BCUT2D eigenvalue weighted by atomic mass is 10.1. The van der Waals surface area contributed by atoms with Gasteiger partial charge in [0, 0.05) is 5.56 Å². The third-order valence-corrected chi connectivity index (χ3v) is 5.03. The zero-order chi connectivity index (χ0) is 17.9. The van der Waals surface area contributed by atoms with Gasteiger partial charge in [0.2, 0.25) is 0 Å². The molecule has 0 radical (unpaired) electrons. The predicted octanol–water partition coefficient (Wildman–Crippen LogP) is 2.43. The van der Waals surface area contributed by atoms with E-state index in [1.54, 1.807) is 30.5 Å². The van der Waals surface area contributed by atoms with Crippen LogP contribution in [0.15, 0.2) is 60.8 Å². The molecule has 25 heavy (non-hydrogen) atoms. The first kappa shape index (κ1) is 17.3. The van der Waals surface area contributed by atoms with E-state index in [2.05, 4.69) is 10.3 Å². The Kier molecular flexibility index (Phi) is 4.93. The molecule has 0 aliphatic heterocycles. The zero-order valence-electron chi connectivity index (χ0n) is 13.6. The number of aryl methyl sites for hydroxylation is 1. The molecule has 1 N–H and O–H groups in total. The molecule has 0 unspecified atom stereocenters. The number of benzene rings is 2. The Balaban J connectivity index is 1.71. The fraction of sp³-hybridized carbons (Fsp3) is 0.176. The summed E-state index contributed by atoms with van der Waals surface area (Å²) < 4.78 is 26.1. The lowest BCUT2D eigenvalue weighted by Gasteiger charge is -2.14. The minimum atomic E-state index is -3.94. The van der Waals surface area contributed by atoms with Crippen LogP contribution in [0.25, 0.3) is 11.3 Å². The number of nitrogens with zero attached hydrogens (tertiary/aromatic N) is 4. The van der Waals surface area contributed by atoms with Crippen molar-refractivity contribution in [3.63, 3.8) is 0 Å². The average Bonchev–Trinajstić information content (AvgIpc) is 3.04. The topological polar surface area (TPSA) is 88.3 Å². The molecule has 0 spiro atoms. The highest BCUT2D eigenvalue weighted by Crippen LogP contribution is 2.17. The Bertz CT molecular complexity index is 938. The van der Waals surface area contributed by atoms with Crippen LogP contribution in [0.5, 0.6) is 0 Å². The van der Waals surface area contributed by atoms with Crippen LogP contribution in [-0.4, -0.2) is 33.1 Å². The highest BCUT2D eigenvalue weighted by molar-refractivity contribution is 7.87. The van der Waals surface area contributed by atoms with Gasteiger partial charge in [-0.3, -0.25) is 5.21 Å². The summed E-state index contributed by atoms with van der Waals surface area (Å²) in [4.78, 5) is 0. The lowest BCUT2D eigenvalue weighted by molar-refractivity contribution is -0.00571. The fourth-order valence-corrected chi connectivity index (χ4v) is 3.23. The molecule has 0 aliphatic carbocycles. The van der Waals surface area contributed by atoms with E-state index in [1.807, 2.05) is 37.3 Å². The summed E-state index contributed by atoms with van der Waals surface area (Å²) in [5, 5.41) is 17.8. The Morgan fingerprint density at radius 2 is 1.76 bits per heavy atom. The van der Waals surface area contributed by atoms with Gasteiger partial charge in [-0.1, -0.05) is 69.8 Å². The summed E-state index contributed by atoms with van der Waals surface area (Å²) in [6.45, 7) is 1.86. The first-order chi connectivity index (χ1) is 11.9. The molecule has 3 rings (SSSR count). The molecule has 0 bridgehead atoms. The molecule has 0 saturated heterocycles. The summed E-state index contributed by atoms with van der Waals surface area (Å²) in [6.07, 6.45) is 1.54. The minimum Gasteiger partial charge on any atom is -0.299 e. The predicted molar refractivity (Wildman–Crippen MR) is 92.9 cm³/mol. The van der Waals surface area contributed by atoms with Crippen molar-refractivity contribution in [1.29, 1.82) is 0 Å². The normalized spacial score (nSPS) is 11.8. The van der Waals surface area contributed by atoms with Crippen molar-refractivity contribution in [3.05, 3.63) is 71.9 Å². The Hall–Kier alpha value is -2.55. The molecular formula is C17H18N4O3S. The summed E-state index contributed by atoms with van der Waals surface area (Å²) in [5.41, 5.74) is 3.23. The summed E-state index contributed by atoms with van der Waals surface area (Å²) >= 11 is 0. The molecule has 1 heterocycles. The van der Waals surface area contributed by atoms with Gasteiger partial charge in [-0.2, -0.15) is 0 Å². The van der Waals surface area contributed by atoms with Crippen LogP contribution in [0.2, 0.25) is 0 Å². The van der Waals surface area contributed by atoms with Gasteiger partial charge in [-0.05, 0) is 12.5 Å². The smallest absolute Gasteiger partial charge is 0.256 e. The number of hydroxylamine groups is 1. The van der Waals surface area contributed by atoms with E-state index in [1.165, 1.54) is 4.68 Å². The summed E-state index contributed by atoms with van der Waals surface area (Å²) in [7, 11) is -3.94. The molecule has 0 fully saturated rings. The molecular weight excluding hydrogens is 340 g/mol. The maximum absolute atomic E-state index is 12.3. The minimum absolute atomic E-state index is 0.122. The second-order valence-corrected chi connectivity index (χ2v) is 7.56. The molecule has 7 nitrogen and oxygen atoms in total. The number of hydrogen-bond acceptors (Lipinski definition) is 5. The Labute approximate surface area is 146 Å². The van der Waals surface area contributed by atoms with Gasteiger partial charge in [0.05, 0.1) is 12.7 Å². The second kappa shape index (κ2) is 7.14. The SMILES string of the molecule is Cc1ccc(-c2cn(CS(=O)(=O)N(O)Cc3ccccc3)nn2)cc1. The van der Waals surface area contributed by atoms with Crippen LogP contribution in [0.3, 0.4) is 0 Å². The van der Waals surface area contributed by atoms with Crippen LogP contribution < -0.4 is 0 Å². The van der Waals surface area contributed by atoms with E-state index in [-0.39, 0.29) is 6.54 Å². The van der Waals surface area contributed by atoms with E-state index in [0.717, 1.165) is 11.1 Å². The Morgan fingerprint density at radius 3 is 2.44 bits per heavy atom. The van der Waals surface area contributed by atoms with Crippen molar-refractivity contribution in [3.8, 4) is 11.3 Å². The molecule has 2 aromatic carbocycles. The molecule has 0 aliphatic rings. The first-order valence-electron chi connectivity index (χ1n) is 7.64. The first-order valence-corrected chi connectivity index (χ1v) is 9.25. The summed E-state index contributed by atoms with van der Waals surface area (Å²) in [6, 6.07) is 16.5. The molecule has 0 saturated carbocycles. The van der Waals surface area contributed by atoms with Crippen LogP contribution in [0, 0.1) is 6.92 Å². The molecule has 1 aromatic heterocycles. The van der Waals surface area contributed by atoms with Crippen LogP contribution in [0.1, 0.15) is 11.1 Å². The highest BCUT2D eigenvalue weighted by Gasteiger charge is 2.22. The van der Waals surface area contributed by atoms with Gasteiger partial charge >= 0.3 is 0 Å². The van der Waals surface area contributed by atoms with Gasteiger partial charge in [0.15, 0.2) is 5.88 Å². The maximum atomic E-state index is 12.3. The number of sulfonamides is 1. The molecule has 0 amide bonds. The van der Waals surface area contributed by atoms with Gasteiger partial charge in [-0.25, -0.2) is 13.1 Å². The van der Waals surface area contributed by atoms with E-state index < -0.39 is 15.9 Å². The number of hydrogen-bond donors (Lipinski definition) is 1. The third kappa shape index (κ3) is 4.30. The monoisotopic (exact) mass is 358 g/mol. The highest BCUT2D eigenvalue weighted by atomic mass is 32.2.